The van der Waals surface area contributed by atoms with Crippen LogP contribution in [0.4, 0.5) is 0 Å². The van der Waals surface area contributed by atoms with Gasteiger partial charge in [-0.25, -0.2) is 8.42 Å². The van der Waals surface area contributed by atoms with Crippen molar-refractivity contribution in [1.29, 1.82) is 0 Å². The summed E-state index contributed by atoms with van der Waals surface area (Å²) < 4.78 is 40.4. The Hall–Kier alpha value is -2.95. The molecule has 5 nitrogen and oxygen atoms in total. The number of benzene rings is 2. The number of sulfonamides is 1. The zero-order valence-corrected chi connectivity index (χ0v) is 24.2. The highest BCUT2D eigenvalue weighted by atomic mass is 32.2. The minimum absolute atomic E-state index is 0.125. The van der Waals surface area contributed by atoms with Crippen LogP contribution in [0.3, 0.4) is 0 Å². The summed E-state index contributed by atoms with van der Waals surface area (Å²) in [5.74, 6) is 3.54. The molecule has 2 aromatic rings. The van der Waals surface area contributed by atoms with E-state index >= 15 is 0 Å². The normalized spacial score (nSPS) is 12.9. The van der Waals surface area contributed by atoms with E-state index in [1.165, 1.54) is 29.7 Å². The molecule has 0 amide bonds. The highest BCUT2D eigenvalue weighted by Crippen LogP contribution is 2.44. The Labute approximate surface area is 219 Å². The van der Waals surface area contributed by atoms with Crippen LogP contribution in [0.25, 0.3) is 6.08 Å². The van der Waals surface area contributed by atoms with Crippen LogP contribution in [-0.2, 0) is 14.4 Å². The van der Waals surface area contributed by atoms with Gasteiger partial charge in [-0.05, 0) is 52.5 Å². The first-order valence-electron chi connectivity index (χ1n) is 12.2. The van der Waals surface area contributed by atoms with E-state index in [2.05, 4.69) is 47.5 Å². The minimum Gasteiger partial charge on any atom is -0.542 e. The third kappa shape index (κ3) is 6.83. The quantitative estimate of drug-likeness (QED) is 0.129. The molecule has 7 heteroatoms. The van der Waals surface area contributed by atoms with Crippen LogP contribution >= 0.6 is 0 Å². The summed E-state index contributed by atoms with van der Waals surface area (Å²) in [7, 11) is -4.77. The van der Waals surface area contributed by atoms with E-state index < -0.39 is 18.3 Å². The van der Waals surface area contributed by atoms with Crippen LogP contribution in [0, 0.1) is 12.3 Å². The van der Waals surface area contributed by atoms with Gasteiger partial charge in [0.25, 0.3) is 18.3 Å². The SMILES string of the molecule is C#CCN(/C=C(/C=C/c1ccccc1)O[Si](C(C)C)(C(C)C)C(C)C)S(=O)(=O)c1ccc(OC)cc1. The van der Waals surface area contributed by atoms with E-state index in [0.29, 0.717) is 28.1 Å². The summed E-state index contributed by atoms with van der Waals surface area (Å²) in [4.78, 5) is 0.126. The molecule has 2 aromatic carbocycles. The number of nitrogens with zero attached hydrogens (tertiary/aromatic N) is 1. The Kier molecular flexibility index (Phi) is 10.4. The molecule has 2 rings (SSSR count). The van der Waals surface area contributed by atoms with E-state index in [0.717, 1.165) is 5.56 Å². The number of ether oxygens (including phenoxy) is 1. The summed E-state index contributed by atoms with van der Waals surface area (Å²) >= 11 is 0. The summed E-state index contributed by atoms with van der Waals surface area (Å²) in [5, 5.41) is 0. The fourth-order valence-corrected chi connectivity index (χ4v) is 11.2. The van der Waals surface area contributed by atoms with Gasteiger partial charge in [0.2, 0.25) is 0 Å². The molecular weight excluding hydrogens is 486 g/mol. The highest BCUT2D eigenvalue weighted by molar-refractivity contribution is 7.89. The van der Waals surface area contributed by atoms with Gasteiger partial charge in [-0.3, -0.25) is 4.31 Å². The molecule has 0 aliphatic heterocycles. The van der Waals surface area contributed by atoms with Crippen LogP contribution in [0.1, 0.15) is 47.1 Å². The van der Waals surface area contributed by atoms with Crippen molar-refractivity contribution < 1.29 is 17.6 Å². The average molecular weight is 526 g/mol. The predicted octanol–water partition coefficient (Wildman–Crippen LogP) is 7.07. The first-order valence-corrected chi connectivity index (χ1v) is 15.8. The molecule has 0 aromatic heterocycles. The van der Waals surface area contributed by atoms with Gasteiger partial charge in [-0.15, -0.1) is 6.42 Å². The predicted molar refractivity (Wildman–Crippen MR) is 151 cm³/mol. The van der Waals surface area contributed by atoms with Gasteiger partial charge in [-0.1, -0.05) is 83.9 Å². The Balaban J connectivity index is 2.65. The van der Waals surface area contributed by atoms with E-state index in [1.807, 2.05) is 42.5 Å². The smallest absolute Gasteiger partial charge is 0.264 e. The molecule has 0 heterocycles. The average Bonchev–Trinajstić information content (AvgIpc) is 2.85. The zero-order chi connectivity index (χ0) is 26.9. The molecule has 0 fully saturated rings. The summed E-state index contributed by atoms with van der Waals surface area (Å²) in [6, 6.07) is 16.1. The van der Waals surface area contributed by atoms with Crippen molar-refractivity contribution in [2.24, 2.45) is 0 Å². The lowest BCUT2D eigenvalue weighted by atomic mass is 10.2. The Morgan fingerprint density at radius 1 is 0.972 bits per heavy atom. The number of allylic oxidation sites excluding steroid dienone is 1. The Bertz CT molecular complexity index is 1160. The second kappa shape index (κ2) is 12.8. The van der Waals surface area contributed by atoms with Gasteiger partial charge in [0.05, 0.1) is 24.7 Å². The van der Waals surface area contributed by atoms with Crippen LogP contribution in [0.15, 0.2) is 77.5 Å². The van der Waals surface area contributed by atoms with Crippen molar-refractivity contribution in [2.75, 3.05) is 13.7 Å². The molecule has 0 saturated carbocycles. The van der Waals surface area contributed by atoms with Crippen LogP contribution in [0.2, 0.25) is 16.6 Å². The first kappa shape index (κ1) is 29.3. The van der Waals surface area contributed by atoms with Gasteiger partial charge in [0.15, 0.2) is 0 Å². The standard InChI is InChI=1S/C29H39NO4SSi/c1-9-21-30(35(31,32)29-19-17-27(33-8)18-20-29)22-28(16-15-26-13-11-10-12-14-26)34-36(23(2)3,24(4)5)25(6)7/h1,10-20,22-25H,21H2,2-8H3/b16-15+,28-22-. The van der Waals surface area contributed by atoms with Gasteiger partial charge >= 0.3 is 0 Å². The van der Waals surface area contributed by atoms with E-state index in [4.69, 9.17) is 15.6 Å². The number of terminal acetylenes is 1. The molecule has 0 radical (unpaired) electrons. The van der Waals surface area contributed by atoms with Crippen LogP contribution in [0.5, 0.6) is 5.75 Å². The van der Waals surface area contributed by atoms with Crippen molar-refractivity contribution >= 4 is 24.4 Å². The minimum atomic E-state index is -3.92. The van der Waals surface area contributed by atoms with Crippen molar-refractivity contribution in [3.05, 3.63) is 78.2 Å². The lowest BCUT2D eigenvalue weighted by Crippen LogP contribution is -2.47. The van der Waals surface area contributed by atoms with Gasteiger partial charge in [0, 0.05) is 0 Å². The molecule has 0 N–H and O–H groups in total. The maximum Gasteiger partial charge on any atom is 0.264 e. The van der Waals surface area contributed by atoms with Crippen molar-refractivity contribution in [2.45, 2.75) is 63.1 Å². The summed E-state index contributed by atoms with van der Waals surface area (Å²) in [5.41, 5.74) is 1.92. The molecule has 0 bridgehead atoms. The second-order valence-corrected chi connectivity index (χ2v) is 16.9. The summed E-state index contributed by atoms with van der Waals surface area (Å²) in [6.07, 6.45) is 10.9. The Morgan fingerprint density at radius 3 is 2.00 bits per heavy atom. The van der Waals surface area contributed by atoms with Gasteiger partial charge in [0.1, 0.15) is 11.5 Å². The number of hydrogen-bond acceptors (Lipinski definition) is 4. The molecule has 0 spiro atoms. The van der Waals surface area contributed by atoms with Gasteiger partial charge < -0.3 is 9.16 Å². The molecule has 194 valence electrons. The maximum absolute atomic E-state index is 13.6. The van der Waals surface area contributed by atoms with Crippen molar-refractivity contribution in [1.82, 2.24) is 4.31 Å². The van der Waals surface area contributed by atoms with Crippen molar-refractivity contribution in [3.63, 3.8) is 0 Å². The second-order valence-electron chi connectivity index (χ2n) is 9.63. The molecule has 0 unspecified atom stereocenters. The van der Waals surface area contributed by atoms with Crippen LogP contribution in [-0.4, -0.2) is 34.7 Å². The molecular formula is C29H39NO4SSi. The molecule has 0 aliphatic rings. The Morgan fingerprint density at radius 2 is 1.53 bits per heavy atom. The third-order valence-corrected chi connectivity index (χ3v) is 14.1. The lowest BCUT2D eigenvalue weighted by Gasteiger charge is -2.42. The first-order chi connectivity index (χ1) is 17.0. The van der Waals surface area contributed by atoms with E-state index in [1.54, 1.807) is 12.1 Å². The molecule has 0 aliphatic carbocycles. The fraction of sp³-hybridized carbons (Fsp3) is 0.379. The van der Waals surface area contributed by atoms with E-state index in [9.17, 15) is 8.42 Å². The molecule has 0 atom stereocenters. The highest BCUT2D eigenvalue weighted by Gasteiger charge is 2.47. The number of hydrogen-bond donors (Lipinski definition) is 0. The van der Waals surface area contributed by atoms with Crippen LogP contribution < -0.4 is 4.74 Å². The summed E-state index contributed by atoms with van der Waals surface area (Å²) in [6.45, 7) is 13.0. The maximum atomic E-state index is 13.6. The van der Waals surface area contributed by atoms with Gasteiger partial charge in [-0.2, -0.15) is 0 Å². The monoisotopic (exact) mass is 525 g/mol. The number of rotatable bonds is 12. The third-order valence-electron chi connectivity index (χ3n) is 6.43. The number of methoxy groups -OCH3 is 1. The molecule has 0 saturated heterocycles. The fourth-order valence-electron chi connectivity index (χ4n) is 4.72. The topological polar surface area (TPSA) is 55.8 Å². The van der Waals surface area contributed by atoms with Crippen molar-refractivity contribution in [3.8, 4) is 18.1 Å². The molecule has 36 heavy (non-hydrogen) atoms. The van der Waals surface area contributed by atoms with E-state index in [-0.39, 0.29) is 11.4 Å². The lowest BCUT2D eigenvalue weighted by molar-refractivity contribution is 0.376. The largest absolute Gasteiger partial charge is 0.542 e. The zero-order valence-electron chi connectivity index (χ0n) is 22.4.